The van der Waals surface area contributed by atoms with Crippen molar-refractivity contribution in [1.29, 1.82) is 0 Å². The summed E-state index contributed by atoms with van der Waals surface area (Å²) in [7, 11) is -3.21. The molecule has 20 heavy (non-hydrogen) atoms. The van der Waals surface area contributed by atoms with Crippen LogP contribution in [-0.2, 0) is 16.4 Å². The van der Waals surface area contributed by atoms with Crippen LogP contribution in [0.5, 0.6) is 5.75 Å². The van der Waals surface area contributed by atoms with E-state index in [0.29, 0.717) is 21.6 Å². The predicted molar refractivity (Wildman–Crippen MR) is 78.1 cm³/mol. The Hall–Kier alpha value is -1.30. The molecule has 4 nitrogen and oxygen atoms in total. The lowest BCUT2D eigenvalue weighted by Gasteiger charge is -2.08. The van der Waals surface area contributed by atoms with Crippen molar-refractivity contribution in [2.24, 2.45) is 0 Å². The van der Waals surface area contributed by atoms with E-state index in [9.17, 15) is 8.42 Å². The third-order valence-electron chi connectivity index (χ3n) is 2.51. The Labute approximate surface area is 127 Å². The van der Waals surface area contributed by atoms with Gasteiger partial charge in [-0.05, 0) is 36.4 Å². The zero-order valence-electron chi connectivity index (χ0n) is 10.5. The first-order valence-corrected chi connectivity index (χ1v) is 8.25. The first kappa shape index (κ1) is 15.1. The molecule has 7 heteroatoms. The molecule has 0 N–H and O–H groups in total. The molecule has 0 saturated carbocycles. The highest BCUT2D eigenvalue weighted by molar-refractivity contribution is 7.90. The van der Waals surface area contributed by atoms with E-state index >= 15 is 0 Å². The average Bonchev–Trinajstić information content (AvgIpc) is 2.39. The Morgan fingerprint density at radius 2 is 1.75 bits per heavy atom. The summed E-state index contributed by atoms with van der Waals surface area (Å²) in [6.07, 6.45) is 1.15. The van der Waals surface area contributed by atoms with Gasteiger partial charge in [0.05, 0.1) is 15.6 Å². The van der Waals surface area contributed by atoms with Gasteiger partial charge in [0.2, 0.25) is 0 Å². The fraction of sp³-hybridized carbons (Fsp3) is 0.154. The molecule has 1 heterocycles. The van der Waals surface area contributed by atoms with Crippen molar-refractivity contribution in [2.45, 2.75) is 11.5 Å². The van der Waals surface area contributed by atoms with Crippen LogP contribution in [0.4, 0.5) is 0 Å². The van der Waals surface area contributed by atoms with Gasteiger partial charge >= 0.3 is 0 Å². The number of benzene rings is 1. The number of hydrogen-bond acceptors (Lipinski definition) is 4. The smallest absolute Gasteiger partial charge is 0.175 e. The Morgan fingerprint density at radius 3 is 2.35 bits per heavy atom. The maximum atomic E-state index is 11.3. The lowest BCUT2D eigenvalue weighted by atomic mass is 10.3. The molecule has 2 aromatic rings. The van der Waals surface area contributed by atoms with E-state index in [-0.39, 0.29) is 11.5 Å². The summed E-state index contributed by atoms with van der Waals surface area (Å²) in [4.78, 5) is 4.30. The number of rotatable bonds is 4. The zero-order chi connectivity index (χ0) is 14.8. The molecule has 0 atom stereocenters. The van der Waals surface area contributed by atoms with Gasteiger partial charge in [-0.1, -0.05) is 23.2 Å². The summed E-state index contributed by atoms with van der Waals surface area (Å²) in [6.45, 7) is 0.150. The highest BCUT2D eigenvalue weighted by atomic mass is 35.5. The molecule has 0 aliphatic rings. The minimum absolute atomic E-state index is 0.150. The van der Waals surface area contributed by atoms with E-state index in [0.717, 1.165) is 6.26 Å². The van der Waals surface area contributed by atoms with E-state index in [1.165, 1.54) is 12.1 Å². The zero-order valence-corrected chi connectivity index (χ0v) is 12.8. The van der Waals surface area contributed by atoms with Crippen LogP contribution in [0.2, 0.25) is 10.2 Å². The number of ether oxygens (including phenoxy) is 1. The minimum atomic E-state index is -3.21. The van der Waals surface area contributed by atoms with Gasteiger partial charge in [0.25, 0.3) is 0 Å². The van der Waals surface area contributed by atoms with Gasteiger partial charge in [0.1, 0.15) is 17.5 Å². The molecular weight excluding hydrogens is 321 g/mol. The molecule has 0 amide bonds. The van der Waals surface area contributed by atoms with Crippen LogP contribution >= 0.6 is 23.2 Å². The molecule has 0 fully saturated rings. The standard InChI is InChI=1S/C13H11Cl2NO3S/c1-20(17,18)10-4-2-9(3-5-10)19-8-12-11(14)6-7-13(15)16-12/h2-7H,8H2,1H3. The van der Waals surface area contributed by atoms with Crippen molar-refractivity contribution in [3.8, 4) is 5.75 Å². The SMILES string of the molecule is CS(=O)(=O)c1ccc(OCc2nc(Cl)ccc2Cl)cc1. The summed E-state index contributed by atoms with van der Waals surface area (Å²) in [6, 6.07) is 9.36. The third-order valence-corrected chi connectivity index (χ3v) is 4.20. The van der Waals surface area contributed by atoms with Gasteiger partial charge in [0.15, 0.2) is 9.84 Å². The summed E-state index contributed by atoms with van der Waals surface area (Å²) >= 11 is 11.7. The van der Waals surface area contributed by atoms with E-state index < -0.39 is 9.84 Å². The molecule has 0 radical (unpaired) electrons. The van der Waals surface area contributed by atoms with Crippen LogP contribution in [0.15, 0.2) is 41.3 Å². The molecule has 0 spiro atoms. The van der Waals surface area contributed by atoms with Crippen molar-refractivity contribution >= 4 is 33.0 Å². The molecule has 0 aliphatic heterocycles. The first-order chi connectivity index (χ1) is 9.36. The van der Waals surface area contributed by atoms with Gasteiger partial charge in [-0.2, -0.15) is 0 Å². The number of pyridine rings is 1. The van der Waals surface area contributed by atoms with Crippen molar-refractivity contribution in [1.82, 2.24) is 4.98 Å². The number of hydrogen-bond donors (Lipinski definition) is 0. The summed E-state index contributed by atoms with van der Waals surface area (Å²) < 4.78 is 28.1. The molecule has 0 bridgehead atoms. The third kappa shape index (κ3) is 3.85. The highest BCUT2D eigenvalue weighted by Gasteiger charge is 2.08. The number of aromatic nitrogens is 1. The molecule has 0 aliphatic carbocycles. The topological polar surface area (TPSA) is 56.3 Å². The van der Waals surface area contributed by atoms with E-state index in [1.807, 2.05) is 0 Å². The maximum absolute atomic E-state index is 11.3. The second kappa shape index (κ2) is 5.99. The Morgan fingerprint density at radius 1 is 1.10 bits per heavy atom. The molecule has 1 aromatic carbocycles. The largest absolute Gasteiger partial charge is 0.487 e. The summed E-state index contributed by atoms with van der Waals surface area (Å²) in [5.41, 5.74) is 0.520. The van der Waals surface area contributed by atoms with Crippen LogP contribution in [0.25, 0.3) is 0 Å². The molecular formula is C13H11Cl2NO3S. The highest BCUT2D eigenvalue weighted by Crippen LogP contribution is 2.20. The van der Waals surface area contributed by atoms with Crippen LogP contribution in [0, 0.1) is 0 Å². The van der Waals surface area contributed by atoms with Crippen molar-refractivity contribution < 1.29 is 13.2 Å². The van der Waals surface area contributed by atoms with Crippen LogP contribution in [-0.4, -0.2) is 19.7 Å². The van der Waals surface area contributed by atoms with Crippen LogP contribution in [0.3, 0.4) is 0 Å². The van der Waals surface area contributed by atoms with E-state index in [4.69, 9.17) is 27.9 Å². The fourth-order valence-electron chi connectivity index (χ4n) is 1.49. The van der Waals surface area contributed by atoms with E-state index in [2.05, 4.69) is 4.98 Å². The first-order valence-electron chi connectivity index (χ1n) is 5.60. The lowest BCUT2D eigenvalue weighted by molar-refractivity contribution is 0.301. The van der Waals surface area contributed by atoms with Gasteiger partial charge < -0.3 is 4.74 Å². The average molecular weight is 332 g/mol. The van der Waals surface area contributed by atoms with Gasteiger partial charge in [-0.25, -0.2) is 13.4 Å². The van der Waals surface area contributed by atoms with Crippen LogP contribution < -0.4 is 4.74 Å². The second-order valence-corrected chi connectivity index (χ2v) is 6.90. The Bertz CT molecular complexity index is 715. The normalized spacial score (nSPS) is 11.3. The quantitative estimate of drug-likeness (QED) is 0.806. The summed E-state index contributed by atoms with van der Waals surface area (Å²) in [5.74, 6) is 0.523. The van der Waals surface area contributed by atoms with E-state index in [1.54, 1.807) is 24.3 Å². The van der Waals surface area contributed by atoms with Crippen molar-refractivity contribution in [3.63, 3.8) is 0 Å². The maximum Gasteiger partial charge on any atom is 0.175 e. The Kier molecular flexibility index (Phi) is 4.52. The van der Waals surface area contributed by atoms with Crippen LogP contribution in [0.1, 0.15) is 5.69 Å². The summed E-state index contributed by atoms with van der Waals surface area (Å²) in [5, 5.41) is 0.794. The van der Waals surface area contributed by atoms with Gasteiger partial charge in [-0.3, -0.25) is 0 Å². The van der Waals surface area contributed by atoms with Gasteiger partial charge in [-0.15, -0.1) is 0 Å². The number of nitrogens with zero attached hydrogens (tertiary/aromatic N) is 1. The fourth-order valence-corrected chi connectivity index (χ4v) is 2.45. The lowest BCUT2D eigenvalue weighted by Crippen LogP contribution is -2.00. The minimum Gasteiger partial charge on any atom is -0.487 e. The molecule has 0 saturated heterocycles. The number of halogens is 2. The van der Waals surface area contributed by atoms with Crippen molar-refractivity contribution in [3.05, 3.63) is 52.3 Å². The second-order valence-electron chi connectivity index (χ2n) is 4.09. The predicted octanol–water partition coefficient (Wildman–Crippen LogP) is 3.37. The molecule has 0 unspecified atom stereocenters. The molecule has 1 aromatic heterocycles. The van der Waals surface area contributed by atoms with Crippen molar-refractivity contribution in [2.75, 3.05) is 6.26 Å². The molecule has 106 valence electrons. The number of sulfone groups is 1. The Balaban J connectivity index is 2.10. The molecule has 2 rings (SSSR count). The monoisotopic (exact) mass is 331 g/mol. The van der Waals surface area contributed by atoms with Gasteiger partial charge in [0, 0.05) is 6.26 Å².